The topological polar surface area (TPSA) is 75.3 Å². The van der Waals surface area contributed by atoms with Crippen LogP contribution in [0, 0.1) is 11.8 Å². The van der Waals surface area contributed by atoms with Crippen LogP contribution in [0.1, 0.15) is 21.5 Å². The maximum absolute atomic E-state index is 12.6. The second-order valence-corrected chi connectivity index (χ2v) is 7.18. The highest BCUT2D eigenvalue weighted by atomic mass is 32.2. The van der Waals surface area contributed by atoms with Gasteiger partial charge >= 0.3 is 6.18 Å². The van der Waals surface area contributed by atoms with Gasteiger partial charge in [0.15, 0.2) is 0 Å². The standard InChI is InChI=1S/C18H15F3N2O3S/c1-22-27(25,26)16-9-3-7-14(12-16)17(24)23-10-4-6-13-5-2-8-15(11-13)18(19,20)21/h2-3,5,7-9,11-12,22H,10H2,1H3,(H,23,24). The van der Waals surface area contributed by atoms with Gasteiger partial charge in [0, 0.05) is 11.1 Å². The van der Waals surface area contributed by atoms with Crippen molar-refractivity contribution in [2.75, 3.05) is 13.6 Å². The fraction of sp³-hybridized carbons (Fsp3) is 0.167. The third kappa shape index (κ3) is 5.57. The maximum atomic E-state index is 12.6. The summed E-state index contributed by atoms with van der Waals surface area (Å²) < 4.78 is 63.6. The number of sulfonamides is 1. The van der Waals surface area contributed by atoms with Crippen LogP contribution in [-0.2, 0) is 16.2 Å². The molecule has 27 heavy (non-hydrogen) atoms. The van der Waals surface area contributed by atoms with E-state index in [2.05, 4.69) is 21.9 Å². The minimum absolute atomic E-state index is 0.0623. The van der Waals surface area contributed by atoms with Crippen molar-refractivity contribution in [1.82, 2.24) is 10.0 Å². The molecule has 2 rings (SSSR count). The predicted molar refractivity (Wildman–Crippen MR) is 93.3 cm³/mol. The molecule has 1 amide bonds. The highest BCUT2D eigenvalue weighted by Crippen LogP contribution is 2.29. The van der Waals surface area contributed by atoms with E-state index in [1.807, 2.05) is 0 Å². The molecule has 0 aliphatic heterocycles. The van der Waals surface area contributed by atoms with Gasteiger partial charge in [0.05, 0.1) is 17.0 Å². The van der Waals surface area contributed by atoms with Crippen LogP contribution in [0.15, 0.2) is 53.4 Å². The summed E-state index contributed by atoms with van der Waals surface area (Å²) in [6.07, 6.45) is -4.45. The Morgan fingerprint density at radius 1 is 1.11 bits per heavy atom. The number of benzene rings is 2. The summed E-state index contributed by atoms with van der Waals surface area (Å²) in [6, 6.07) is 9.95. The van der Waals surface area contributed by atoms with Crippen molar-refractivity contribution >= 4 is 15.9 Å². The molecule has 0 atom stereocenters. The Bertz CT molecular complexity index is 1010. The second-order valence-electron chi connectivity index (χ2n) is 5.30. The Morgan fingerprint density at radius 3 is 2.48 bits per heavy atom. The van der Waals surface area contributed by atoms with Gasteiger partial charge < -0.3 is 5.32 Å². The van der Waals surface area contributed by atoms with E-state index < -0.39 is 27.7 Å². The molecule has 0 aliphatic rings. The Kier molecular flexibility index (Phi) is 6.25. The van der Waals surface area contributed by atoms with E-state index in [1.54, 1.807) is 0 Å². The average Bonchev–Trinajstić information content (AvgIpc) is 2.64. The molecular weight excluding hydrogens is 381 g/mol. The zero-order valence-corrected chi connectivity index (χ0v) is 14.9. The molecule has 2 aromatic rings. The molecule has 2 aromatic carbocycles. The van der Waals surface area contributed by atoms with Crippen LogP contribution in [0.25, 0.3) is 0 Å². The molecule has 0 unspecified atom stereocenters. The molecule has 0 bridgehead atoms. The first-order valence-electron chi connectivity index (χ1n) is 7.61. The Labute approximate surface area is 154 Å². The normalized spacial score (nSPS) is 11.4. The molecule has 9 heteroatoms. The lowest BCUT2D eigenvalue weighted by Gasteiger charge is -2.06. The lowest BCUT2D eigenvalue weighted by Crippen LogP contribution is -2.24. The molecule has 0 spiro atoms. The summed E-state index contributed by atoms with van der Waals surface area (Å²) >= 11 is 0. The minimum atomic E-state index is -4.45. The van der Waals surface area contributed by atoms with Crippen molar-refractivity contribution in [1.29, 1.82) is 0 Å². The molecule has 0 radical (unpaired) electrons. The molecule has 0 saturated heterocycles. The van der Waals surface area contributed by atoms with E-state index >= 15 is 0 Å². The van der Waals surface area contributed by atoms with Crippen LogP contribution < -0.4 is 10.0 Å². The van der Waals surface area contributed by atoms with Gasteiger partial charge in [0.2, 0.25) is 10.0 Å². The fourth-order valence-corrected chi connectivity index (χ4v) is 2.84. The van der Waals surface area contributed by atoms with Gasteiger partial charge in [-0.2, -0.15) is 13.2 Å². The number of halogens is 3. The summed E-state index contributed by atoms with van der Waals surface area (Å²) in [5.74, 6) is 4.54. The minimum Gasteiger partial charge on any atom is -0.341 e. The van der Waals surface area contributed by atoms with Crippen LogP contribution in [-0.4, -0.2) is 27.9 Å². The van der Waals surface area contributed by atoms with Crippen molar-refractivity contribution < 1.29 is 26.4 Å². The molecule has 0 heterocycles. The molecule has 0 aromatic heterocycles. The van der Waals surface area contributed by atoms with Gasteiger partial charge in [-0.3, -0.25) is 4.79 Å². The summed E-state index contributed by atoms with van der Waals surface area (Å²) in [4.78, 5) is 12.0. The van der Waals surface area contributed by atoms with Gasteiger partial charge in [-0.05, 0) is 43.4 Å². The SMILES string of the molecule is CNS(=O)(=O)c1cccc(C(=O)NCC#Cc2cccc(C(F)(F)F)c2)c1. The van der Waals surface area contributed by atoms with Gasteiger partial charge in [-0.15, -0.1) is 0 Å². The number of hydrogen-bond acceptors (Lipinski definition) is 3. The summed E-state index contributed by atoms with van der Waals surface area (Å²) in [5, 5.41) is 2.46. The number of carbonyl (C=O) groups excluding carboxylic acids is 1. The van der Waals surface area contributed by atoms with Gasteiger partial charge in [-0.1, -0.05) is 24.0 Å². The van der Waals surface area contributed by atoms with E-state index in [-0.39, 0.29) is 22.6 Å². The third-order valence-corrected chi connectivity index (χ3v) is 4.85. The van der Waals surface area contributed by atoms with Gasteiger partial charge in [-0.25, -0.2) is 13.1 Å². The first kappa shape index (κ1) is 20.5. The number of nitrogens with one attached hydrogen (secondary N) is 2. The van der Waals surface area contributed by atoms with E-state index in [1.165, 1.54) is 43.4 Å². The highest BCUT2D eigenvalue weighted by Gasteiger charge is 2.30. The first-order valence-corrected chi connectivity index (χ1v) is 9.10. The summed E-state index contributed by atoms with van der Waals surface area (Å²) in [7, 11) is -2.43. The van der Waals surface area contributed by atoms with Crippen molar-refractivity contribution in [3.63, 3.8) is 0 Å². The molecule has 142 valence electrons. The summed E-state index contributed by atoms with van der Waals surface area (Å²) in [6.45, 7) is -0.113. The number of rotatable bonds is 4. The molecule has 0 fully saturated rings. The third-order valence-electron chi connectivity index (χ3n) is 3.44. The van der Waals surface area contributed by atoms with Crippen LogP contribution in [0.5, 0.6) is 0 Å². The van der Waals surface area contributed by atoms with E-state index in [4.69, 9.17) is 0 Å². The van der Waals surface area contributed by atoms with Gasteiger partial charge in [0.1, 0.15) is 0 Å². The smallest absolute Gasteiger partial charge is 0.341 e. The maximum Gasteiger partial charge on any atom is 0.416 e. The molecule has 0 saturated carbocycles. The highest BCUT2D eigenvalue weighted by molar-refractivity contribution is 7.89. The van der Waals surface area contributed by atoms with Gasteiger partial charge in [0.25, 0.3) is 5.91 Å². The number of alkyl halides is 3. The predicted octanol–water partition coefficient (Wildman–Crippen LogP) is 2.40. The number of amides is 1. The van der Waals surface area contributed by atoms with Crippen molar-refractivity contribution in [2.24, 2.45) is 0 Å². The Hall–Kier alpha value is -2.83. The Morgan fingerprint density at radius 2 is 1.81 bits per heavy atom. The largest absolute Gasteiger partial charge is 0.416 e. The monoisotopic (exact) mass is 396 g/mol. The molecule has 5 nitrogen and oxygen atoms in total. The zero-order valence-electron chi connectivity index (χ0n) is 14.1. The lowest BCUT2D eigenvalue weighted by molar-refractivity contribution is -0.137. The van der Waals surface area contributed by atoms with E-state index in [0.717, 1.165) is 12.1 Å². The average molecular weight is 396 g/mol. The fourth-order valence-electron chi connectivity index (χ4n) is 2.07. The van der Waals surface area contributed by atoms with Crippen molar-refractivity contribution in [2.45, 2.75) is 11.1 Å². The van der Waals surface area contributed by atoms with Crippen molar-refractivity contribution in [3.8, 4) is 11.8 Å². The first-order chi connectivity index (χ1) is 12.6. The number of carbonyl (C=O) groups is 1. The van der Waals surface area contributed by atoms with Crippen molar-refractivity contribution in [3.05, 3.63) is 65.2 Å². The van der Waals surface area contributed by atoms with E-state index in [9.17, 15) is 26.4 Å². The second kappa shape index (κ2) is 8.24. The zero-order chi connectivity index (χ0) is 20.1. The molecule has 0 aliphatic carbocycles. The summed E-state index contributed by atoms with van der Waals surface area (Å²) in [5.41, 5.74) is -0.519. The van der Waals surface area contributed by atoms with Crippen LogP contribution in [0.3, 0.4) is 0 Å². The van der Waals surface area contributed by atoms with E-state index in [0.29, 0.717) is 0 Å². The molecular formula is C18H15F3N2O3S. The Balaban J connectivity index is 2.04. The number of hydrogen-bond donors (Lipinski definition) is 2. The quantitative estimate of drug-likeness (QED) is 0.780. The van der Waals surface area contributed by atoms with Crippen LogP contribution in [0.2, 0.25) is 0 Å². The molecule has 2 N–H and O–H groups in total. The lowest BCUT2D eigenvalue weighted by atomic mass is 10.1. The van der Waals surface area contributed by atoms with Crippen LogP contribution in [0.4, 0.5) is 13.2 Å². The van der Waals surface area contributed by atoms with Crippen LogP contribution >= 0.6 is 0 Å².